The van der Waals surface area contributed by atoms with Crippen molar-refractivity contribution in [3.63, 3.8) is 0 Å². The molecule has 1 aromatic heterocycles. The fourth-order valence-corrected chi connectivity index (χ4v) is 3.23. The Labute approximate surface area is 152 Å². The van der Waals surface area contributed by atoms with Crippen LogP contribution in [0.4, 0.5) is 5.95 Å². The van der Waals surface area contributed by atoms with Crippen LogP contribution >= 0.6 is 0 Å². The second kappa shape index (κ2) is 7.79. The maximum Gasteiger partial charge on any atom is 0.258 e. The van der Waals surface area contributed by atoms with E-state index in [1.54, 1.807) is 23.1 Å². The van der Waals surface area contributed by atoms with Gasteiger partial charge in [0.1, 0.15) is 6.73 Å². The van der Waals surface area contributed by atoms with Crippen LogP contribution in [0.15, 0.2) is 41.6 Å². The number of carbonyl (C=O) groups excluding carboxylic acids is 1. The third-order valence-corrected chi connectivity index (χ3v) is 5.04. The van der Waals surface area contributed by atoms with Crippen molar-refractivity contribution in [3.05, 3.63) is 47.8 Å². The summed E-state index contributed by atoms with van der Waals surface area (Å²) >= 11 is 0. The molecular weight excluding hydrogens is 356 g/mol. The number of benzene rings is 1. The van der Waals surface area contributed by atoms with E-state index in [-0.39, 0.29) is 17.5 Å². The van der Waals surface area contributed by atoms with Crippen LogP contribution < -0.4 is 5.32 Å². The van der Waals surface area contributed by atoms with Crippen LogP contribution in [0.1, 0.15) is 22.3 Å². The number of carbonyl (C=O) groups is 1. The number of ether oxygens (including phenoxy) is 1. The van der Waals surface area contributed by atoms with E-state index < -0.39 is 9.84 Å². The largest absolute Gasteiger partial charge is 0.361 e. The van der Waals surface area contributed by atoms with Crippen LogP contribution in [0, 0.1) is 0 Å². The van der Waals surface area contributed by atoms with Crippen molar-refractivity contribution >= 4 is 21.7 Å². The molecule has 1 aliphatic rings. The molecule has 0 spiro atoms. The molecule has 0 radical (unpaired) electrons. The van der Waals surface area contributed by atoms with Gasteiger partial charge in [-0.3, -0.25) is 4.79 Å². The summed E-state index contributed by atoms with van der Waals surface area (Å²) in [7, 11) is -3.25. The molecule has 3 rings (SSSR count). The lowest BCUT2D eigenvalue weighted by atomic mass is 10.2. The van der Waals surface area contributed by atoms with Crippen molar-refractivity contribution in [1.82, 2.24) is 14.9 Å². The maximum absolute atomic E-state index is 12.3. The molecule has 26 heavy (non-hydrogen) atoms. The average molecular weight is 376 g/mol. The molecule has 9 heteroatoms. The van der Waals surface area contributed by atoms with Crippen LogP contribution in [-0.2, 0) is 21.1 Å². The van der Waals surface area contributed by atoms with Crippen molar-refractivity contribution in [3.8, 4) is 0 Å². The van der Waals surface area contributed by atoms with Crippen molar-refractivity contribution in [2.75, 3.05) is 31.5 Å². The Kier molecular flexibility index (Phi) is 5.48. The Morgan fingerprint density at radius 3 is 2.73 bits per heavy atom. The van der Waals surface area contributed by atoms with E-state index >= 15 is 0 Å². The molecule has 2 aromatic rings. The second-order valence-electron chi connectivity index (χ2n) is 6.03. The molecule has 0 bridgehead atoms. The topological polar surface area (TPSA) is 101 Å². The van der Waals surface area contributed by atoms with E-state index in [1.807, 2.05) is 6.07 Å². The van der Waals surface area contributed by atoms with Crippen molar-refractivity contribution in [2.24, 2.45) is 0 Å². The van der Waals surface area contributed by atoms with E-state index in [1.165, 1.54) is 18.6 Å². The Morgan fingerprint density at radius 2 is 2.08 bits per heavy atom. The number of rotatable bonds is 5. The van der Waals surface area contributed by atoms with Gasteiger partial charge in [-0.05, 0) is 24.1 Å². The number of hydrogen-bond acceptors (Lipinski definition) is 7. The molecule has 1 saturated heterocycles. The van der Waals surface area contributed by atoms with E-state index in [2.05, 4.69) is 15.3 Å². The fraction of sp³-hybridized carbons (Fsp3) is 0.353. The van der Waals surface area contributed by atoms with Gasteiger partial charge in [0.15, 0.2) is 9.84 Å². The van der Waals surface area contributed by atoms with Crippen molar-refractivity contribution in [1.29, 1.82) is 0 Å². The van der Waals surface area contributed by atoms with Crippen LogP contribution in [0.25, 0.3) is 0 Å². The second-order valence-corrected chi connectivity index (χ2v) is 8.04. The smallest absolute Gasteiger partial charge is 0.258 e. The maximum atomic E-state index is 12.3. The van der Waals surface area contributed by atoms with Crippen molar-refractivity contribution < 1.29 is 17.9 Å². The quantitative estimate of drug-likeness (QED) is 0.839. The number of nitrogens with one attached hydrogen (secondary N) is 1. The van der Waals surface area contributed by atoms with Crippen LogP contribution in [0.5, 0.6) is 0 Å². The average Bonchev–Trinajstić information content (AvgIpc) is 2.66. The highest BCUT2D eigenvalue weighted by molar-refractivity contribution is 7.90. The lowest BCUT2D eigenvalue weighted by Crippen LogP contribution is -2.38. The zero-order chi connectivity index (χ0) is 18.6. The highest BCUT2D eigenvalue weighted by atomic mass is 32.2. The molecule has 1 amide bonds. The van der Waals surface area contributed by atoms with Gasteiger partial charge in [0.2, 0.25) is 5.95 Å². The summed E-state index contributed by atoms with van der Waals surface area (Å²) in [5, 5.41) is 3.02. The molecule has 0 aliphatic carbocycles. The zero-order valence-electron chi connectivity index (χ0n) is 14.4. The van der Waals surface area contributed by atoms with Gasteiger partial charge in [0.05, 0.1) is 17.1 Å². The Bertz CT molecular complexity index is 878. The molecule has 8 nitrogen and oxygen atoms in total. The van der Waals surface area contributed by atoms with Crippen LogP contribution in [-0.4, -0.2) is 55.3 Å². The molecule has 0 unspecified atom stereocenters. The van der Waals surface area contributed by atoms with Crippen LogP contribution in [0.2, 0.25) is 0 Å². The van der Waals surface area contributed by atoms with Gasteiger partial charge in [-0.25, -0.2) is 18.4 Å². The molecule has 1 aliphatic heterocycles. The summed E-state index contributed by atoms with van der Waals surface area (Å²) < 4.78 is 28.5. The van der Waals surface area contributed by atoms with Gasteiger partial charge < -0.3 is 15.0 Å². The highest BCUT2D eigenvalue weighted by Crippen LogP contribution is 2.13. The summed E-state index contributed by atoms with van der Waals surface area (Å²) in [5.74, 6) is 0.207. The molecule has 1 N–H and O–H groups in total. The summed E-state index contributed by atoms with van der Waals surface area (Å²) in [5.41, 5.74) is 1.20. The number of anilines is 1. The third-order valence-electron chi connectivity index (χ3n) is 3.93. The number of aromatic nitrogens is 2. The van der Waals surface area contributed by atoms with Gasteiger partial charge in [0.25, 0.3) is 5.91 Å². The first-order chi connectivity index (χ1) is 12.4. The summed E-state index contributed by atoms with van der Waals surface area (Å²) in [6.07, 6.45) is 4.93. The minimum absolute atomic E-state index is 0.155. The van der Waals surface area contributed by atoms with Crippen LogP contribution in [0.3, 0.4) is 0 Å². The number of nitrogens with zero attached hydrogens (tertiary/aromatic N) is 3. The van der Waals surface area contributed by atoms with Crippen molar-refractivity contribution in [2.45, 2.75) is 17.9 Å². The van der Waals surface area contributed by atoms with E-state index in [4.69, 9.17) is 4.74 Å². The Morgan fingerprint density at radius 1 is 1.31 bits per heavy atom. The standard InChI is InChI=1S/C17H20N4O4S/c1-26(23,24)15-5-2-4-13(8-15)9-18-17-19-10-14(11-20-17)16(22)21-6-3-7-25-12-21/h2,4-5,8,10-11H,3,6-7,9,12H2,1H3,(H,18,19,20). The molecule has 0 saturated carbocycles. The molecule has 1 aromatic carbocycles. The normalized spacial score (nSPS) is 14.9. The van der Waals surface area contributed by atoms with Gasteiger partial charge in [0, 0.05) is 31.7 Å². The van der Waals surface area contributed by atoms with Gasteiger partial charge >= 0.3 is 0 Å². The first kappa shape index (κ1) is 18.3. The molecule has 1 fully saturated rings. The van der Waals surface area contributed by atoms with E-state index in [0.717, 1.165) is 12.0 Å². The summed E-state index contributed by atoms with van der Waals surface area (Å²) in [4.78, 5) is 22.5. The first-order valence-corrected chi connectivity index (χ1v) is 10.0. The number of amides is 1. The first-order valence-electron chi connectivity index (χ1n) is 8.15. The highest BCUT2D eigenvalue weighted by Gasteiger charge is 2.19. The lowest BCUT2D eigenvalue weighted by Gasteiger charge is -2.26. The fourth-order valence-electron chi connectivity index (χ4n) is 2.54. The molecular formula is C17H20N4O4S. The monoisotopic (exact) mass is 376 g/mol. The van der Waals surface area contributed by atoms with Gasteiger partial charge in [-0.2, -0.15) is 0 Å². The van der Waals surface area contributed by atoms with Gasteiger partial charge in [-0.1, -0.05) is 12.1 Å². The van der Waals surface area contributed by atoms with E-state index in [9.17, 15) is 13.2 Å². The van der Waals surface area contributed by atoms with Gasteiger partial charge in [-0.15, -0.1) is 0 Å². The predicted molar refractivity (Wildman–Crippen MR) is 95.4 cm³/mol. The summed E-state index contributed by atoms with van der Waals surface area (Å²) in [6, 6.07) is 6.67. The SMILES string of the molecule is CS(=O)(=O)c1cccc(CNc2ncc(C(=O)N3CCCOC3)cn2)c1. The summed E-state index contributed by atoms with van der Waals surface area (Å²) in [6.45, 7) is 1.99. The minimum atomic E-state index is -3.25. The zero-order valence-corrected chi connectivity index (χ0v) is 15.2. The molecule has 2 heterocycles. The number of sulfone groups is 1. The van der Waals surface area contributed by atoms with E-state index in [0.29, 0.717) is 31.2 Å². The minimum Gasteiger partial charge on any atom is -0.361 e. The Balaban J connectivity index is 1.62. The lowest BCUT2D eigenvalue weighted by molar-refractivity contribution is -0.00575. The molecule has 138 valence electrons. The number of hydrogen-bond donors (Lipinski definition) is 1. The Hall–Kier alpha value is -2.52. The molecule has 0 atom stereocenters. The third kappa shape index (κ3) is 4.55. The predicted octanol–water partition coefficient (Wildman–Crippen LogP) is 1.31.